The SMILES string of the molecule is CC(=O)NCc1ccc(S(=O)(=O)NCC2(c3ccccc3)CCCC2)s1. The summed E-state index contributed by atoms with van der Waals surface area (Å²) in [5.41, 5.74) is 1.09. The summed E-state index contributed by atoms with van der Waals surface area (Å²) in [5.74, 6) is -0.132. The van der Waals surface area contributed by atoms with Crippen molar-refractivity contribution in [1.82, 2.24) is 10.0 Å². The van der Waals surface area contributed by atoms with E-state index in [0.717, 1.165) is 30.6 Å². The molecule has 0 aliphatic heterocycles. The summed E-state index contributed by atoms with van der Waals surface area (Å²) < 4.78 is 28.6. The summed E-state index contributed by atoms with van der Waals surface area (Å²) in [6, 6.07) is 13.5. The van der Waals surface area contributed by atoms with Crippen molar-refractivity contribution in [2.45, 2.75) is 48.8 Å². The molecule has 2 N–H and O–H groups in total. The molecule has 7 heteroatoms. The fourth-order valence-corrected chi connectivity index (χ4v) is 5.99. The van der Waals surface area contributed by atoms with Crippen LogP contribution in [-0.4, -0.2) is 20.9 Å². The fourth-order valence-electron chi connectivity index (χ4n) is 3.52. The maximum Gasteiger partial charge on any atom is 0.250 e. The van der Waals surface area contributed by atoms with E-state index in [0.29, 0.717) is 17.3 Å². The summed E-state index contributed by atoms with van der Waals surface area (Å²) in [7, 11) is -3.56. The first-order valence-electron chi connectivity index (χ1n) is 8.80. The topological polar surface area (TPSA) is 75.3 Å². The molecule has 1 amide bonds. The Morgan fingerprint density at radius 3 is 2.46 bits per heavy atom. The van der Waals surface area contributed by atoms with E-state index in [9.17, 15) is 13.2 Å². The van der Waals surface area contributed by atoms with E-state index >= 15 is 0 Å². The minimum atomic E-state index is -3.56. The molecule has 26 heavy (non-hydrogen) atoms. The van der Waals surface area contributed by atoms with Gasteiger partial charge in [-0.15, -0.1) is 11.3 Å². The summed E-state index contributed by atoms with van der Waals surface area (Å²) >= 11 is 1.19. The minimum Gasteiger partial charge on any atom is -0.351 e. The second-order valence-electron chi connectivity index (χ2n) is 6.81. The lowest BCUT2D eigenvalue weighted by molar-refractivity contribution is -0.119. The van der Waals surface area contributed by atoms with Crippen LogP contribution in [0.15, 0.2) is 46.7 Å². The molecular weight excluding hydrogens is 368 g/mol. The van der Waals surface area contributed by atoms with Crippen molar-refractivity contribution in [3.63, 3.8) is 0 Å². The van der Waals surface area contributed by atoms with Gasteiger partial charge in [-0.2, -0.15) is 0 Å². The Kier molecular flexibility index (Phi) is 5.79. The van der Waals surface area contributed by atoms with Crippen molar-refractivity contribution in [2.24, 2.45) is 0 Å². The summed E-state index contributed by atoms with van der Waals surface area (Å²) in [4.78, 5) is 11.8. The number of hydrogen-bond donors (Lipinski definition) is 2. The normalized spacial score (nSPS) is 16.5. The van der Waals surface area contributed by atoms with Gasteiger partial charge in [0.25, 0.3) is 0 Å². The summed E-state index contributed by atoms with van der Waals surface area (Å²) in [6.07, 6.45) is 4.24. The van der Waals surface area contributed by atoms with Crippen molar-refractivity contribution >= 4 is 27.3 Å². The Bertz CT molecular complexity index is 854. The van der Waals surface area contributed by atoms with Crippen LogP contribution >= 0.6 is 11.3 Å². The molecule has 0 radical (unpaired) electrons. The maximum absolute atomic E-state index is 12.7. The van der Waals surface area contributed by atoms with Crippen LogP contribution in [0.5, 0.6) is 0 Å². The maximum atomic E-state index is 12.7. The van der Waals surface area contributed by atoms with Crippen LogP contribution in [0.4, 0.5) is 0 Å². The lowest BCUT2D eigenvalue weighted by Gasteiger charge is -2.29. The van der Waals surface area contributed by atoms with Gasteiger partial charge in [-0.1, -0.05) is 43.2 Å². The standard InChI is InChI=1S/C19H24N2O3S2/c1-15(22)20-13-17-9-10-18(25-17)26(23,24)21-14-19(11-5-6-12-19)16-7-3-2-4-8-16/h2-4,7-10,21H,5-6,11-14H2,1H3,(H,20,22). The predicted molar refractivity (Wildman–Crippen MR) is 104 cm³/mol. The molecule has 140 valence electrons. The third-order valence-corrected chi connectivity index (χ3v) is 7.94. The number of carbonyl (C=O) groups excluding carboxylic acids is 1. The third kappa shape index (κ3) is 4.34. The monoisotopic (exact) mass is 392 g/mol. The van der Waals surface area contributed by atoms with Crippen LogP contribution in [0.3, 0.4) is 0 Å². The van der Waals surface area contributed by atoms with Gasteiger partial charge in [0.05, 0.1) is 6.54 Å². The van der Waals surface area contributed by atoms with Crippen LogP contribution in [0.1, 0.15) is 43.0 Å². The van der Waals surface area contributed by atoms with Gasteiger partial charge in [-0.3, -0.25) is 4.79 Å². The highest BCUT2D eigenvalue weighted by atomic mass is 32.2. The first kappa shape index (κ1) is 19.1. The molecule has 2 aromatic rings. The molecule has 0 spiro atoms. The zero-order chi connectivity index (χ0) is 18.6. The number of carbonyl (C=O) groups is 1. The van der Waals surface area contributed by atoms with E-state index in [4.69, 9.17) is 0 Å². The van der Waals surface area contributed by atoms with Gasteiger partial charge in [0.2, 0.25) is 15.9 Å². The molecule has 1 aliphatic rings. The Morgan fingerprint density at radius 2 is 1.81 bits per heavy atom. The molecule has 1 saturated carbocycles. The van der Waals surface area contributed by atoms with Gasteiger partial charge in [-0.25, -0.2) is 13.1 Å². The van der Waals surface area contributed by atoms with Gasteiger partial charge in [-0.05, 0) is 30.5 Å². The lowest BCUT2D eigenvalue weighted by Crippen LogP contribution is -2.38. The average molecular weight is 393 g/mol. The Morgan fingerprint density at radius 1 is 1.12 bits per heavy atom. The molecule has 1 aromatic carbocycles. The third-order valence-electron chi connectivity index (χ3n) is 4.96. The molecule has 1 aromatic heterocycles. The average Bonchev–Trinajstić information content (AvgIpc) is 3.30. The fraction of sp³-hybridized carbons (Fsp3) is 0.421. The van der Waals surface area contributed by atoms with Crippen LogP contribution in [0, 0.1) is 0 Å². The highest BCUT2D eigenvalue weighted by molar-refractivity contribution is 7.91. The Balaban J connectivity index is 1.72. The van der Waals surface area contributed by atoms with Gasteiger partial charge < -0.3 is 5.32 Å². The van der Waals surface area contributed by atoms with Crippen LogP contribution in [0.2, 0.25) is 0 Å². The lowest BCUT2D eigenvalue weighted by atomic mass is 9.79. The van der Waals surface area contributed by atoms with E-state index in [1.807, 2.05) is 18.2 Å². The smallest absolute Gasteiger partial charge is 0.250 e. The molecule has 0 bridgehead atoms. The van der Waals surface area contributed by atoms with Gasteiger partial charge in [0.1, 0.15) is 4.21 Å². The molecule has 5 nitrogen and oxygen atoms in total. The molecule has 1 aliphatic carbocycles. The molecule has 0 saturated heterocycles. The first-order valence-corrected chi connectivity index (χ1v) is 11.1. The van der Waals surface area contributed by atoms with Crippen molar-refractivity contribution in [3.05, 3.63) is 52.9 Å². The van der Waals surface area contributed by atoms with Crippen molar-refractivity contribution in [1.29, 1.82) is 0 Å². The minimum absolute atomic E-state index is 0.120. The van der Waals surface area contributed by atoms with Crippen molar-refractivity contribution < 1.29 is 13.2 Å². The van der Waals surface area contributed by atoms with Gasteiger partial charge >= 0.3 is 0 Å². The van der Waals surface area contributed by atoms with E-state index < -0.39 is 10.0 Å². The van der Waals surface area contributed by atoms with E-state index in [2.05, 4.69) is 22.2 Å². The highest BCUT2D eigenvalue weighted by Gasteiger charge is 2.36. The number of nitrogens with one attached hydrogen (secondary N) is 2. The number of benzene rings is 1. The molecule has 0 unspecified atom stereocenters. The second kappa shape index (κ2) is 7.90. The quantitative estimate of drug-likeness (QED) is 0.760. The molecule has 0 atom stereocenters. The van der Waals surface area contributed by atoms with E-state index in [-0.39, 0.29) is 11.3 Å². The Hall–Kier alpha value is -1.70. The highest BCUT2D eigenvalue weighted by Crippen LogP contribution is 2.40. The Labute approximate surface area is 158 Å². The summed E-state index contributed by atoms with van der Waals surface area (Å²) in [6.45, 7) is 2.21. The van der Waals surface area contributed by atoms with E-state index in [1.54, 1.807) is 12.1 Å². The van der Waals surface area contributed by atoms with Crippen LogP contribution in [0.25, 0.3) is 0 Å². The number of amides is 1. The predicted octanol–water partition coefficient (Wildman–Crippen LogP) is 3.17. The van der Waals surface area contributed by atoms with Crippen molar-refractivity contribution in [2.75, 3.05) is 6.54 Å². The molecular formula is C19H24N2O3S2. The number of sulfonamides is 1. The molecule has 3 rings (SSSR count). The van der Waals surface area contributed by atoms with Crippen molar-refractivity contribution in [3.8, 4) is 0 Å². The van der Waals surface area contributed by atoms with Gasteiger partial charge in [0.15, 0.2) is 0 Å². The number of rotatable bonds is 7. The van der Waals surface area contributed by atoms with Crippen LogP contribution in [-0.2, 0) is 26.8 Å². The largest absolute Gasteiger partial charge is 0.351 e. The zero-order valence-electron chi connectivity index (χ0n) is 14.8. The second-order valence-corrected chi connectivity index (χ2v) is 9.97. The van der Waals surface area contributed by atoms with Gasteiger partial charge in [0, 0.05) is 23.8 Å². The summed E-state index contributed by atoms with van der Waals surface area (Å²) in [5, 5.41) is 2.69. The first-order chi connectivity index (χ1) is 12.4. The zero-order valence-corrected chi connectivity index (χ0v) is 16.5. The van der Waals surface area contributed by atoms with Crippen LogP contribution < -0.4 is 10.0 Å². The molecule has 1 fully saturated rings. The van der Waals surface area contributed by atoms with E-state index in [1.165, 1.54) is 23.8 Å². The number of thiophene rings is 1. The number of hydrogen-bond acceptors (Lipinski definition) is 4. The molecule has 1 heterocycles.